The zero-order valence-corrected chi connectivity index (χ0v) is 8.23. The van der Waals surface area contributed by atoms with E-state index < -0.39 is 5.97 Å². The average molecular weight is 195 g/mol. The lowest BCUT2D eigenvalue weighted by atomic mass is 10.2. The second-order valence-corrected chi connectivity index (χ2v) is 3.39. The summed E-state index contributed by atoms with van der Waals surface area (Å²) in [6.45, 7) is 3.71. The van der Waals surface area contributed by atoms with Gasteiger partial charge in [0.1, 0.15) is 0 Å². The van der Waals surface area contributed by atoms with Crippen LogP contribution in [-0.4, -0.2) is 15.6 Å². The van der Waals surface area contributed by atoms with E-state index in [9.17, 15) is 9.59 Å². The number of carboxylic acid groups (broad SMARTS) is 1. The standard InChI is InChI=1S/C10H13NO3/c1-7(2)11-8(6-10(13)14)4-3-5-9(11)12/h3-5,7H,6H2,1-2H3,(H,13,14). The summed E-state index contributed by atoms with van der Waals surface area (Å²) in [7, 11) is 0. The van der Waals surface area contributed by atoms with E-state index in [4.69, 9.17) is 5.11 Å². The van der Waals surface area contributed by atoms with Gasteiger partial charge in [-0.2, -0.15) is 0 Å². The fourth-order valence-corrected chi connectivity index (χ4v) is 1.43. The van der Waals surface area contributed by atoms with Crippen molar-refractivity contribution in [1.29, 1.82) is 0 Å². The monoisotopic (exact) mass is 195 g/mol. The topological polar surface area (TPSA) is 59.3 Å². The highest BCUT2D eigenvalue weighted by molar-refractivity contribution is 5.69. The first-order valence-electron chi connectivity index (χ1n) is 4.44. The van der Waals surface area contributed by atoms with Crippen molar-refractivity contribution < 1.29 is 9.90 Å². The first-order chi connectivity index (χ1) is 6.52. The molecule has 0 bridgehead atoms. The van der Waals surface area contributed by atoms with Gasteiger partial charge in [0.05, 0.1) is 6.42 Å². The van der Waals surface area contributed by atoms with E-state index in [2.05, 4.69) is 0 Å². The minimum absolute atomic E-state index is 0.0157. The molecule has 0 unspecified atom stereocenters. The Balaban J connectivity index is 3.21. The molecule has 4 heteroatoms. The first-order valence-corrected chi connectivity index (χ1v) is 4.44. The minimum Gasteiger partial charge on any atom is -0.481 e. The molecule has 0 amide bonds. The Morgan fingerprint density at radius 2 is 2.14 bits per heavy atom. The molecule has 0 saturated heterocycles. The molecule has 0 aromatic carbocycles. The third-order valence-electron chi connectivity index (χ3n) is 1.92. The third-order valence-corrected chi connectivity index (χ3v) is 1.92. The van der Waals surface area contributed by atoms with Gasteiger partial charge < -0.3 is 9.67 Å². The predicted molar refractivity (Wildman–Crippen MR) is 52.4 cm³/mol. The van der Waals surface area contributed by atoms with Crippen molar-refractivity contribution in [3.63, 3.8) is 0 Å². The normalized spacial score (nSPS) is 10.5. The van der Waals surface area contributed by atoms with E-state index in [1.54, 1.807) is 12.1 Å². The second kappa shape index (κ2) is 4.09. The Kier molecular flexibility index (Phi) is 3.06. The zero-order valence-electron chi connectivity index (χ0n) is 8.23. The van der Waals surface area contributed by atoms with Crippen LogP contribution in [0.15, 0.2) is 23.0 Å². The van der Waals surface area contributed by atoms with Gasteiger partial charge in [-0.15, -0.1) is 0 Å². The largest absolute Gasteiger partial charge is 0.481 e. The Labute approximate surface area is 81.8 Å². The summed E-state index contributed by atoms with van der Waals surface area (Å²) >= 11 is 0. The number of nitrogens with zero attached hydrogens (tertiary/aromatic N) is 1. The molecule has 1 rings (SSSR count). The average Bonchev–Trinajstić information content (AvgIpc) is 2.01. The Morgan fingerprint density at radius 3 is 2.64 bits per heavy atom. The van der Waals surface area contributed by atoms with Crippen LogP contribution in [0.25, 0.3) is 0 Å². The number of carbonyl (C=O) groups is 1. The molecule has 4 nitrogen and oxygen atoms in total. The van der Waals surface area contributed by atoms with Crippen molar-refractivity contribution in [2.45, 2.75) is 26.3 Å². The van der Waals surface area contributed by atoms with E-state index in [0.29, 0.717) is 5.69 Å². The first kappa shape index (κ1) is 10.5. The van der Waals surface area contributed by atoms with Crippen LogP contribution in [0, 0.1) is 0 Å². The summed E-state index contributed by atoms with van der Waals surface area (Å²) in [6.07, 6.45) is -0.117. The lowest BCUT2D eigenvalue weighted by Crippen LogP contribution is -2.25. The number of pyridine rings is 1. The number of aromatic nitrogens is 1. The molecule has 76 valence electrons. The highest BCUT2D eigenvalue weighted by Gasteiger charge is 2.09. The van der Waals surface area contributed by atoms with Gasteiger partial charge in [-0.1, -0.05) is 6.07 Å². The molecule has 0 spiro atoms. The Hall–Kier alpha value is -1.58. The maximum absolute atomic E-state index is 11.4. The highest BCUT2D eigenvalue weighted by atomic mass is 16.4. The highest BCUT2D eigenvalue weighted by Crippen LogP contribution is 2.06. The summed E-state index contributed by atoms with van der Waals surface area (Å²) in [4.78, 5) is 22.0. The SMILES string of the molecule is CC(C)n1c(CC(=O)O)cccc1=O. The molecule has 0 fully saturated rings. The molecule has 0 saturated carbocycles. The van der Waals surface area contributed by atoms with Crippen molar-refractivity contribution in [1.82, 2.24) is 4.57 Å². The van der Waals surface area contributed by atoms with Crippen LogP contribution in [0.1, 0.15) is 25.6 Å². The van der Waals surface area contributed by atoms with Crippen LogP contribution >= 0.6 is 0 Å². The van der Waals surface area contributed by atoms with Gasteiger partial charge in [-0.25, -0.2) is 0 Å². The van der Waals surface area contributed by atoms with E-state index in [0.717, 1.165) is 0 Å². The van der Waals surface area contributed by atoms with Gasteiger partial charge in [0.15, 0.2) is 0 Å². The molecule has 14 heavy (non-hydrogen) atoms. The number of carboxylic acids is 1. The van der Waals surface area contributed by atoms with Crippen molar-refractivity contribution in [3.05, 3.63) is 34.2 Å². The lowest BCUT2D eigenvalue weighted by Gasteiger charge is -2.14. The smallest absolute Gasteiger partial charge is 0.309 e. The molecular weight excluding hydrogens is 182 g/mol. The molecule has 0 aliphatic heterocycles. The van der Waals surface area contributed by atoms with E-state index >= 15 is 0 Å². The summed E-state index contributed by atoms with van der Waals surface area (Å²) in [5.41, 5.74) is 0.388. The molecular formula is C10H13NO3. The molecule has 1 N–H and O–H groups in total. The van der Waals surface area contributed by atoms with E-state index in [1.807, 2.05) is 13.8 Å². The van der Waals surface area contributed by atoms with Crippen LogP contribution in [0.4, 0.5) is 0 Å². The lowest BCUT2D eigenvalue weighted by molar-refractivity contribution is -0.136. The predicted octanol–water partition coefficient (Wildman–Crippen LogP) is 1.06. The molecule has 1 aromatic heterocycles. The van der Waals surface area contributed by atoms with Gasteiger partial charge in [0.25, 0.3) is 5.56 Å². The van der Waals surface area contributed by atoms with Gasteiger partial charge in [0.2, 0.25) is 0 Å². The van der Waals surface area contributed by atoms with Crippen LogP contribution in [0.2, 0.25) is 0 Å². The molecule has 0 aliphatic rings. The Bertz CT molecular complexity index is 393. The number of rotatable bonds is 3. The van der Waals surface area contributed by atoms with Gasteiger partial charge >= 0.3 is 5.97 Å². The minimum atomic E-state index is -0.926. The maximum atomic E-state index is 11.4. The maximum Gasteiger partial charge on any atom is 0.309 e. The number of aliphatic carboxylic acids is 1. The van der Waals surface area contributed by atoms with Crippen LogP contribution in [0.3, 0.4) is 0 Å². The van der Waals surface area contributed by atoms with Crippen LogP contribution < -0.4 is 5.56 Å². The Morgan fingerprint density at radius 1 is 1.50 bits per heavy atom. The fourth-order valence-electron chi connectivity index (χ4n) is 1.43. The molecule has 1 heterocycles. The van der Waals surface area contributed by atoms with Crippen molar-refractivity contribution in [2.75, 3.05) is 0 Å². The van der Waals surface area contributed by atoms with E-state index in [-0.39, 0.29) is 18.0 Å². The molecule has 1 aromatic rings. The fraction of sp³-hybridized carbons (Fsp3) is 0.400. The van der Waals surface area contributed by atoms with Gasteiger partial charge in [-0.05, 0) is 19.9 Å². The molecule has 0 radical (unpaired) electrons. The third kappa shape index (κ3) is 2.22. The summed E-state index contributed by atoms with van der Waals surface area (Å²) < 4.78 is 1.49. The second-order valence-electron chi connectivity index (χ2n) is 3.39. The summed E-state index contributed by atoms with van der Waals surface area (Å²) in [5.74, 6) is -0.926. The van der Waals surface area contributed by atoms with Crippen molar-refractivity contribution in [2.24, 2.45) is 0 Å². The van der Waals surface area contributed by atoms with Crippen LogP contribution in [0.5, 0.6) is 0 Å². The zero-order chi connectivity index (χ0) is 10.7. The summed E-state index contributed by atoms with van der Waals surface area (Å²) in [5, 5.41) is 8.65. The summed E-state index contributed by atoms with van der Waals surface area (Å²) in [6, 6.07) is 4.67. The quantitative estimate of drug-likeness (QED) is 0.784. The molecule has 0 atom stereocenters. The van der Waals surface area contributed by atoms with Gasteiger partial charge in [-0.3, -0.25) is 9.59 Å². The van der Waals surface area contributed by atoms with Crippen LogP contribution in [-0.2, 0) is 11.2 Å². The van der Waals surface area contributed by atoms with Gasteiger partial charge in [0, 0.05) is 17.8 Å². The van der Waals surface area contributed by atoms with Crippen molar-refractivity contribution >= 4 is 5.97 Å². The molecule has 0 aliphatic carbocycles. The van der Waals surface area contributed by atoms with Crippen molar-refractivity contribution in [3.8, 4) is 0 Å². The van der Waals surface area contributed by atoms with E-state index in [1.165, 1.54) is 10.6 Å². The number of hydrogen-bond acceptors (Lipinski definition) is 2. The number of hydrogen-bond donors (Lipinski definition) is 1.